The van der Waals surface area contributed by atoms with Gasteiger partial charge in [0.15, 0.2) is 0 Å². The third kappa shape index (κ3) is 5.95. The predicted molar refractivity (Wildman–Crippen MR) is 142 cm³/mol. The van der Waals surface area contributed by atoms with Gasteiger partial charge in [0, 0.05) is 33.2 Å². The van der Waals surface area contributed by atoms with Gasteiger partial charge < -0.3 is 21.3 Å². The summed E-state index contributed by atoms with van der Waals surface area (Å²) in [5.41, 5.74) is 3.12. The number of benzene rings is 2. The lowest BCUT2D eigenvalue weighted by atomic mass is 10.0. The summed E-state index contributed by atoms with van der Waals surface area (Å²) in [6, 6.07) is 8.39. The van der Waals surface area contributed by atoms with Crippen LogP contribution in [0.4, 0.5) is 16.2 Å². The van der Waals surface area contributed by atoms with Crippen LogP contribution in [0.25, 0.3) is 0 Å². The molecular formula is C26H25Cl2N5O4. The first kappa shape index (κ1) is 26.2. The number of hydrogen-bond acceptors (Lipinski definition) is 5. The number of urea groups is 1. The Morgan fingerprint density at radius 2 is 1.89 bits per heavy atom. The monoisotopic (exact) mass is 541 g/mol. The molecule has 0 saturated carbocycles. The molecule has 192 valence electrons. The number of carbonyl (C=O) groups is 4. The highest BCUT2D eigenvalue weighted by atomic mass is 35.5. The van der Waals surface area contributed by atoms with Crippen LogP contribution >= 0.6 is 23.2 Å². The Labute approximate surface area is 223 Å². The zero-order chi connectivity index (χ0) is 26.9. The van der Waals surface area contributed by atoms with Crippen LogP contribution in [0, 0.1) is 6.92 Å². The van der Waals surface area contributed by atoms with Gasteiger partial charge in [-0.25, -0.2) is 4.79 Å². The highest BCUT2D eigenvalue weighted by molar-refractivity contribution is 6.31. The summed E-state index contributed by atoms with van der Waals surface area (Å²) in [6.45, 7) is 7.36. The number of imide groups is 1. The number of hydrogen-bond donors (Lipinski definition) is 4. The molecule has 2 aliphatic rings. The van der Waals surface area contributed by atoms with Gasteiger partial charge in [0.25, 0.3) is 11.8 Å². The van der Waals surface area contributed by atoms with Crippen molar-refractivity contribution < 1.29 is 19.2 Å². The summed E-state index contributed by atoms with van der Waals surface area (Å²) >= 11 is 12.4. The molecule has 2 unspecified atom stereocenters. The zero-order valence-corrected chi connectivity index (χ0v) is 21.7. The molecule has 4 N–H and O–H groups in total. The van der Waals surface area contributed by atoms with Gasteiger partial charge in [-0.05, 0) is 68.1 Å². The number of rotatable bonds is 6. The Kier molecular flexibility index (Phi) is 7.56. The number of halogens is 2. The van der Waals surface area contributed by atoms with Gasteiger partial charge in [0.1, 0.15) is 11.7 Å². The van der Waals surface area contributed by atoms with Crippen LogP contribution in [-0.4, -0.2) is 34.7 Å². The first-order valence-corrected chi connectivity index (χ1v) is 12.3. The van der Waals surface area contributed by atoms with E-state index in [4.69, 9.17) is 23.2 Å². The standard InChI is InChI=1S/C26H25Cl2N5O4/c1-13-4-6-18(11-20(13)28)32-26(37)30-15(3)16-8-17(27)10-19(9-16)31-21-12-23(34)33(25(21)36)22-7-5-14(2)29-24(22)35/h4,6,8-12,15,22,31H,2,5,7H2,1,3H3,(H,29,35)(H2,30,32,37). The molecule has 0 radical (unpaired) electrons. The molecule has 2 aromatic carbocycles. The highest BCUT2D eigenvalue weighted by Gasteiger charge is 2.41. The van der Waals surface area contributed by atoms with Crippen LogP contribution in [-0.2, 0) is 14.4 Å². The van der Waals surface area contributed by atoms with Crippen LogP contribution in [0.1, 0.15) is 36.9 Å². The Morgan fingerprint density at radius 1 is 1.14 bits per heavy atom. The molecule has 11 heteroatoms. The largest absolute Gasteiger partial charge is 0.351 e. The summed E-state index contributed by atoms with van der Waals surface area (Å²) in [5, 5.41) is 12.0. The average molecular weight is 542 g/mol. The molecule has 2 aliphatic heterocycles. The predicted octanol–water partition coefficient (Wildman–Crippen LogP) is 4.64. The molecule has 0 spiro atoms. The van der Waals surface area contributed by atoms with Crippen LogP contribution in [0.3, 0.4) is 0 Å². The molecule has 2 heterocycles. The van der Waals surface area contributed by atoms with E-state index in [-0.39, 0.29) is 5.70 Å². The van der Waals surface area contributed by atoms with Gasteiger partial charge in [-0.15, -0.1) is 0 Å². The summed E-state index contributed by atoms with van der Waals surface area (Å²) in [6.07, 6.45) is 1.94. The lowest BCUT2D eigenvalue weighted by Crippen LogP contribution is -2.52. The summed E-state index contributed by atoms with van der Waals surface area (Å²) in [7, 11) is 0. The third-order valence-electron chi connectivity index (χ3n) is 6.06. The van der Waals surface area contributed by atoms with Crippen molar-refractivity contribution in [2.75, 3.05) is 10.6 Å². The molecule has 1 fully saturated rings. The first-order chi connectivity index (χ1) is 17.5. The van der Waals surface area contributed by atoms with Crippen molar-refractivity contribution in [3.8, 4) is 0 Å². The minimum Gasteiger partial charge on any atom is -0.351 e. The van der Waals surface area contributed by atoms with Gasteiger partial charge in [0.05, 0.1) is 6.04 Å². The second-order valence-corrected chi connectivity index (χ2v) is 9.74. The van der Waals surface area contributed by atoms with Gasteiger partial charge in [-0.3, -0.25) is 19.3 Å². The van der Waals surface area contributed by atoms with E-state index in [9.17, 15) is 19.2 Å². The van der Waals surface area contributed by atoms with E-state index >= 15 is 0 Å². The van der Waals surface area contributed by atoms with E-state index in [1.54, 1.807) is 43.3 Å². The molecule has 4 rings (SSSR count). The highest BCUT2D eigenvalue weighted by Crippen LogP contribution is 2.28. The molecule has 2 atom stereocenters. The fraction of sp³-hybridized carbons (Fsp3) is 0.231. The van der Waals surface area contributed by atoms with Crippen LogP contribution < -0.4 is 21.3 Å². The van der Waals surface area contributed by atoms with Gasteiger partial charge in [-0.1, -0.05) is 35.8 Å². The molecule has 9 nitrogen and oxygen atoms in total. The normalized spacial score (nSPS) is 18.3. The second-order valence-electron chi connectivity index (χ2n) is 8.90. The fourth-order valence-electron chi connectivity index (χ4n) is 4.09. The number of anilines is 2. The number of aryl methyl sites for hydroxylation is 1. The maximum absolute atomic E-state index is 13.0. The molecule has 5 amide bonds. The smallest absolute Gasteiger partial charge is 0.319 e. The van der Waals surface area contributed by atoms with E-state index < -0.39 is 35.8 Å². The number of nitrogens with zero attached hydrogens (tertiary/aromatic N) is 1. The maximum atomic E-state index is 13.0. The van der Waals surface area contributed by atoms with E-state index in [0.29, 0.717) is 45.5 Å². The molecule has 0 bridgehead atoms. The van der Waals surface area contributed by atoms with E-state index in [1.807, 2.05) is 6.92 Å². The molecule has 2 aromatic rings. The van der Waals surface area contributed by atoms with Crippen molar-refractivity contribution in [1.29, 1.82) is 0 Å². The Hall–Kier alpha value is -3.82. The van der Waals surface area contributed by atoms with Gasteiger partial charge in [-0.2, -0.15) is 0 Å². The minimum atomic E-state index is -0.901. The number of amides is 5. The van der Waals surface area contributed by atoms with Crippen molar-refractivity contribution in [3.05, 3.63) is 81.6 Å². The third-order valence-corrected chi connectivity index (χ3v) is 6.69. The van der Waals surface area contributed by atoms with E-state index in [0.717, 1.165) is 16.5 Å². The Bertz CT molecular complexity index is 1360. The SMILES string of the molecule is C=C1CCC(N2C(=O)C=C(Nc3cc(Cl)cc(C(C)NC(=O)Nc4ccc(C)c(Cl)c4)c3)C2=O)C(=O)N1. The average Bonchev–Trinajstić information content (AvgIpc) is 3.08. The van der Waals surface area contributed by atoms with Crippen molar-refractivity contribution in [2.45, 2.75) is 38.8 Å². The molecule has 1 saturated heterocycles. The van der Waals surface area contributed by atoms with Crippen LogP contribution in [0.5, 0.6) is 0 Å². The molecule has 0 aliphatic carbocycles. The van der Waals surface area contributed by atoms with E-state index in [2.05, 4.69) is 27.8 Å². The van der Waals surface area contributed by atoms with Crippen molar-refractivity contribution in [1.82, 2.24) is 15.5 Å². The van der Waals surface area contributed by atoms with Crippen LogP contribution in [0.2, 0.25) is 10.0 Å². The number of nitrogens with one attached hydrogen (secondary N) is 4. The molecular weight excluding hydrogens is 517 g/mol. The van der Waals surface area contributed by atoms with Crippen molar-refractivity contribution in [2.24, 2.45) is 0 Å². The number of piperidine rings is 1. The van der Waals surface area contributed by atoms with Gasteiger partial charge >= 0.3 is 6.03 Å². The summed E-state index contributed by atoms with van der Waals surface area (Å²) in [5.74, 6) is -1.63. The quantitative estimate of drug-likeness (QED) is 0.397. The minimum absolute atomic E-state index is 0.0185. The number of allylic oxidation sites excluding steroid dienone is 1. The molecule has 0 aromatic heterocycles. The zero-order valence-electron chi connectivity index (χ0n) is 20.2. The van der Waals surface area contributed by atoms with E-state index in [1.165, 1.54) is 0 Å². The lowest BCUT2D eigenvalue weighted by molar-refractivity contribution is -0.146. The Morgan fingerprint density at radius 3 is 2.59 bits per heavy atom. The second kappa shape index (κ2) is 10.7. The number of carbonyl (C=O) groups excluding carboxylic acids is 4. The van der Waals surface area contributed by atoms with Gasteiger partial charge in [0.2, 0.25) is 5.91 Å². The fourth-order valence-corrected chi connectivity index (χ4v) is 4.51. The van der Waals surface area contributed by atoms with Crippen LogP contribution in [0.15, 0.2) is 60.4 Å². The Balaban J connectivity index is 1.43. The summed E-state index contributed by atoms with van der Waals surface area (Å²) in [4.78, 5) is 51.3. The van der Waals surface area contributed by atoms with Crippen molar-refractivity contribution in [3.63, 3.8) is 0 Å². The molecule has 37 heavy (non-hydrogen) atoms. The summed E-state index contributed by atoms with van der Waals surface area (Å²) < 4.78 is 0. The topological polar surface area (TPSA) is 120 Å². The lowest BCUT2D eigenvalue weighted by Gasteiger charge is -2.29. The maximum Gasteiger partial charge on any atom is 0.319 e. The van der Waals surface area contributed by atoms with Crippen molar-refractivity contribution >= 4 is 58.3 Å². The first-order valence-electron chi connectivity index (χ1n) is 11.5.